The van der Waals surface area contributed by atoms with E-state index in [1.807, 2.05) is 0 Å². The number of piperidine rings is 1. The number of benzene rings is 1. The first-order valence-electron chi connectivity index (χ1n) is 9.18. The number of piperazine rings is 1. The van der Waals surface area contributed by atoms with E-state index in [9.17, 15) is 9.59 Å². The van der Waals surface area contributed by atoms with E-state index in [0.717, 1.165) is 39.0 Å². The molecule has 1 aromatic carbocycles. The van der Waals surface area contributed by atoms with Gasteiger partial charge in [-0.05, 0) is 37.8 Å². The van der Waals surface area contributed by atoms with Crippen molar-refractivity contribution in [3.8, 4) is 0 Å². The van der Waals surface area contributed by atoms with Crippen molar-refractivity contribution in [3.05, 3.63) is 29.8 Å². The molecule has 0 bridgehead atoms. The molecule has 2 amide bonds. The van der Waals surface area contributed by atoms with Crippen LogP contribution in [0, 0.1) is 6.92 Å². The van der Waals surface area contributed by atoms with Gasteiger partial charge in [0.15, 0.2) is 0 Å². The molecule has 2 heterocycles. The second kappa shape index (κ2) is 7.87. The van der Waals surface area contributed by atoms with Crippen molar-refractivity contribution in [3.63, 3.8) is 0 Å². The maximum atomic E-state index is 12.6. The summed E-state index contributed by atoms with van der Waals surface area (Å²) in [4.78, 5) is 30.5. The second-order valence-corrected chi connectivity index (χ2v) is 7.05. The van der Waals surface area contributed by atoms with Gasteiger partial charge in [-0.15, -0.1) is 0 Å². The Morgan fingerprint density at radius 1 is 1.08 bits per heavy atom. The van der Waals surface area contributed by atoms with Crippen LogP contribution in [-0.2, 0) is 9.59 Å². The zero-order valence-electron chi connectivity index (χ0n) is 15.0. The van der Waals surface area contributed by atoms with E-state index >= 15 is 0 Å². The highest BCUT2D eigenvalue weighted by Crippen LogP contribution is 2.21. The molecule has 2 fully saturated rings. The highest BCUT2D eigenvalue weighted by molar-refractivity contribution is 5.87. The van der Waals surface area contributed by atoms with Crippen LogP contribution in [0.3, 0.4) is 0 Å². The first-order valence-corrected chi connectivity index (χ1v) is 9.18. The first-order chi connectivity index (χ1) is 12.1. The SMILES string of the molecule is Cc1ccccc1N1CCN(CC(=O)N2CCCC[C@@H]2C(N)=O)CC1. The molecule has 1 atom stereocenters. The number of aryl methyl sites for hydroxylation is 1. The largest absolute Gasteiger partial charge is 0.369 e. The highest BCUT2D eigenvalue weighted by atomic mass is 16.2. The Labute approximate surface area is 149 Å². The minimum absolute atomic E-state index is 0.0350. The summed E-state index contributed by atoms with van der Waals surface area (Å²) in [6.07, 6.45) is 2.62. The third kappa shape index (κ3) is 4.12. The first kappa shape index (κ1) is 17.7. The summed E-state index contributed by atoms with van der Waals surface area (Å²) >= 11 is 0. The predicted octanol–water partition coefficient (Wildman–Crippen LogP) is 0.983. The molecule has 0 aliphatic carbocycles. The maximum absolute atomic E-state index is 12.6. The van der Waals surface area contributed by atoms with Crippen LogP contribution in [0.4, 0.5) is 5.69 Å². The van der Waals surface area contributed by atoms with Crippen LogP contribution >= 0.6 is 0 Å². The lowest BCUT2D eigenvalue weighted by atomic mass is 10.0. The molecular weight excluding hydrogens is 316 g/mol. The van der Waals surface area contributed by atoms with Crippen LogP contribution in [0.2, 0.25) is 0 Å². The second-order valence-electron chi connectivity index (χ2n) is 7.05. The molecule has 25 heavy (non-hydrogen) atoms. The molecule has 136 valence electrons. The van der Waals surface area contributed by atoms with Gasteiger partial charge in [-0.25, -0.2) is 0 Å². The molecule has 0 radical (unpaired) electrons. The van der Waals surface area contributed by atoms with E-state index in [-0.39, 0.29) is 11.8 Å². The molecule has 2 saturated heterocycles. The minimum atomic E-state index is -0.422. The number of para-hydroxylation sites is 1. The Balaban J connectivity index is 1.54. The van der Waals surface area contributed by atoms with Crippen molar-refractivity contribution < 1.29 is 9.59 Å². The van der Waals surface area contributed by atoms with Gasteiger partial charge in [0.25, 0.3) is 0 Å². The number of hydrogen-bond acceptors (Lipinski definition) is 4. The molecule has 3 rings (SSSR count). The fourth-order valence-corrected chi connectivity index (χ4v) is 3.87. The van der Waals surface area contributed by atoms with Crippen molar-refractivity contribution >= 4 is 17.5 Å². The zero-order chi connectivity index (χ0) is 17.8. The number of carbonyl (C=O) groups is 2. The number of likely N-dealkylation sites (tertiary alicyclic amines) is 1. The predicted molar refractivity (Wildman–Crippen MR) is 98.4 cm³/mol. The smallest absolute Gasteiger partial charge is 0.240 e. The molecule has 1 aromatic rings. The van der Waals surface area contributed by atoms with E-state index in [4.69, 9.17) is 5.73 Å². The molecule has 2 aliphatic heterocycles. The van der Waals surface area contributed by atoms with E-state index in [2.05, 4.69) is 41.0 Å². The van der Waals surface area contributed by atoms with Crippen LogP contribution in [0.1, 0.15) is 24.8 Å². The Bertz CT molecular complexity index is 626. The summed E-state index contributed by atoms with van der Waals surface area (Å²) in [5.74, 6) is -0.342. The van der Waals surface area contributed by atoms with E-state index < -0.39 is 6.04 Å². The van der Waals surface area contributed by atoms with Gasteiger partial charge in [0.1, 0.15) is 6.04 Å². The van der Waals surface area contributed by atoms with E-state index in [0.29, 0.717) is 19.5 Å². The van der Waals surface area contributed by atoms with Gasteiger partial charge in [-0.3, -0.25) is 14.5 Å². The number of carbonyl (C=O) groups excluding carboxylic acids is 2. The van der Waals surface area contributed by atoms with E-state index in [1.165, 1.54) is 11.3 Å². The van der Waals surface area contributed by atoms with Gasteiger partial charge in [0.2, 0.25) is 11.8 Å². The summed E-state index contributed by atoms with van der Waals surface area (Å²) in [6, 6.07) is 7.99. The van der Waals surface area contributed by atoms with Crippen molar-refractivity contribution in [1.82, 2.24) is 9.80 Å². The molecule has 0 saturated carbocycles. The molecule has 0 aromatic heterocycles. The maximum Gasteiger partial charge on any atom is 0.240 e. The fourth-order valence-electron chi connectivity index (χ4n) is 3.87. The lowest BCUT2D eigenvalue weighted by Gasteiger charge is -2.39. The Morgan fingerprint density at radius 3 is 2.48 bits per heavy atom. The van der Waals surface area contributed by atoms with Gasteiger partial charge in [0, 0.05) is 38.4 Å². The summed E-state index contributed by atoms with van der Waals surface area (Å²) < 4.78 is 0. The van der Waals surface area contributed by atoms with Gasteiger partial charge in [0.05, 0.1) is 6.54 Å². The fraction of sp³-hybridized carbons (Fsp3) is 0.579. The van der Waals surface area contributed by atoms with Gasteiger partial charge in [-0.2, -0.15) is 0 Å². The van der Waals surface area contributed by atoms with Crippen LogP contribution in [0.5, 0.6) is 0 Å². The van der Waals surface area contributed by atoms with Crippen LogP contribution < -0.4 is 10.6 Å². The number of nitrogens with two attached hydrogens (primary N) is 1. The van der Waals surface area contributed by atoms with Gasteiger partial charge < -0.3 is 15.5 Å². The van der Waals surface area contributed by atoms with Crippen molar-refractivity contribution in [2.24, 2.45) is 5.73 Å². The monoisotopic (exact) mass is 344 g/mol. The molecule has 6 heteroatoms. The third-order valence-electron chi connectivity index (χ3n) is 5.34. The Morgan fingerprint density at radius 2 is 1.80 bits per heavy atom. The molecule has 2 N–H and O–H groups in total. The van der Waals surface area contributed by atoms with Crippen LogP contribution in [-0.4, -0.2) is 66.9 Å². The summed E-state index contributed by atoms with van der Waals surface area (Å²) in [5.41, 5.74) is 8.03. The lowest BCUT2D eigenvalue weighted by Crippen LogP contribution is -2.55. The lowest BCUT2D eigenvalue weighted by molar-refractivity contribution is -0.142. The quantitative estimate of drug-likeness (QED) is 0.884. The number of nitrogens with zero attached hydrogens (tertiary/aromatic N) is 3. The van der Waals surface area contributed by atoms with Crippen LogP contribution in [0.25, 0.3) is 0 Å². The number of primary amides is 1. The third-order valence-corrected chi connectivity index (χ3v) is 5.34. The Hall–Kier alpha value is -2.08. The summed E-state index contributed by atoms with van der Waals surface area (Å²) in [5, 5.41) is 0. The normalized spacial score (nSPS) is 22.0. The molecular formula is C19H28N4O2. The number of rotatable bonds is 4. The standard InChI is InChI=1S/C19H28N4O2/c1-15-6-2-3-7-16(15)22-12-10-21(11-13-22)14-18(24)23-9-5-4-8-17(23)19(20)25/h2-3,6-7,17H,4-5,8-14H2,1H3,(H2,20,25)/t17-/m1/s1. The number of anilines is 1. The van der Waals surface area contributed by atoms with Crippen LogP contribution in [0.15, 0.2) is 24.3 Å². The van der Waals surface area contributed by atoms with Crippen molar-refractivity contribution in [2.45, 2.75) is 32.2 Å². The highest BCUT2D eigenvalue weighted by Gasteiger charge is 2.31. The van der Waals surface area contributed by atoms with Gasteiger partial charge in [-0.1, -0.05) is 18.2 Å². The average Bonchev–Trinajstić information content (AvgIpc) is 2.63. The molecule has 2 aliphatic rings. The number of amides is 2. The van der Waals surface area contributed by atoms with E-state index in [1.54, 1.807) is 4.90 Å². The van der Waals surface area contributed by atoms with Gasteiger partial charge >= 0.3 is 0 Å². The molecule has 0 spiro atoms. The van der Waals surface area contributed by atoms with Crippen molar-refractivity contribution in [1.29, 1.82) is 0 Å². The average molecular weight is 344 g/mol. The Kier molecular flexibility index (Phi) is 5.58. The molecule has 6 nitrogen and oxygen atoms in total. The number of hydrogen-bond donors (Lipinski definition) is 1. The molecule has 0 unspecified atom stereocenters. The summed E-state index contributed by atoms with van der Waals surface area (Å²) in [6.45, 7) is 6.70. The van der Waals surface area contributed by atoms with Crippen molar-refractivity contribution in [2.75, 3.05) is 44.2 Å². The summed E-state index contributed by atoms with van der Waals surface area (Å²) in [7, 11) is 0. The topological polar surface area (TPSA) is 69.9 Å². The zero-order valence-corrected chi connectivity index (χ0v) is 15.0. The minimum Gasteiger partial charge on any atom is -0.369 e.